The summed E-state index contributed by atoms with van der Waals surface area (Å²) in [4.78, 5) is 13.0. The second kappa shape index (κ2) is 7.45. The van der Waals surface area contributed by atoms with E-state index >= 15 is 0 Å². The first-order valence-electron chi connectivity index (χ1n) is 5.76. The van der Waals surface area contributed by atoms with Gasteiger partial charge in [-0.3, -0.25) is 0 Å². The summed E-state index contributed by atoms with van der Waals surface area (Å²) in [6, 6.07) is 5.97. The van der Waals surface area contributed by atoms with E-state index in [0.717, 1.165) is 0 Å². The molecule has 1 aromatic carbocycles. The number of urea groups is 1. The normalized spacial score (nSPS) is 10.6. The SMILES string of the molecule is CCN(CCO)C(=O)N/C=C/c1ccccc1F. The third-order valence-corrected chi connectivity index (χ3v) is 2.41. The first-order chi connectivity index (χ1) is 8.69. The van der Waals surface area contributed by atoms with Crippen LogP contribution >= 0.6 is 0 Å². The van der Waals surface area contributed by atoms with Crippen molar-refractivity contribution in [3.63, 3.8) is 0 Å². The Morgan fingerprint density at radius 2 is 2.22 bits per heavy atom. The fourth-order valence-electron chi connectivity index (χ4n) is 1.43. The molecule has 0 atom stereocenters. The van der Waals surface area contributed by atoms with E-state index < -0.39 is 0 Å². The molecule has 0 aliphatic heterocycles. The molecule has 0 fully saturated rings. The average Bonchev–Trinajstić information content (AvgIpc) is 2.38. The number of aliphatic hydroxyl groups is 1. The van der Waals surface area contributed by atoms with Crippen molar-refractivity contribution in [2.75, 3.05) is 19.7 Å². The van der Waals surface area contributed by atoms with Crippen LogP contribution in [0, 0.1) is 5.82 Å². The number of rotatable bonds is 5. The Morgan fingerprint density at radius 3 is 2.83 bits per heavy atom. The highest BCUT2D eigenvalue weighted by molar-refractivity contribution is 5.76. The smallest absolute Gasteiger partial charge is 0.321 e. The van der Waals surface area contributed by atoms with Gasteiger partial charge in [-0.2, -0.15) is 0 Å². The van der Waals surface area contributed by atoms with E-state index in [1.807, 2.05) is 6.92 Å². The van der Waals surface area contributed by atoms with Gasteiger partial charge in [-0.25, -0.2) is 9.18 Å². The maximum atomic E-state index is 13.3. The fraction of sp³-hybridized carbons (Fsp3) is 0.308. The van der Waals surface area contributed by atoms with Gasteiger partial charge in [0.05, 0.1) is 6.61 Å². The predicted molar refractivity (Wildman–Crippen MR) is 68.3 cm³/mol. The Kier molecular flexibility index (Phi) is 5.87. The number of carbonyl (C=O) groups excluding carboxylic acids is 1. The van der Waals surface area contributed by atoms with Crippen molar-refractivity contribution < 1.29 is 14.3 Å². The van der Waals surface area contributed by atoms with Gasteiger partial charge in [0.25, 0.3) is 0 Å². The number of hydrogen-bond acceptors (Lipinski definition) is 2. The first-order valence-corrected chi connectivity index (χ1v) is 5.76. The Bertz CT molecular complexity index is 421. The number of carbonyl (C=O) groups is 1. The Morgan fingerprint density at radius 1 is 1.50 bits per heavy atom. The number of hydrogen-bond donors (Lipinski definition) is 2. The van der Waals surface area contributed by atoms with Crippen molar-refractivity contribution >= 4 is 12.1 Å². The van der Waals surface area contributed by atoms with Gasteiger partial charge in [0.15, 0.2) is 0 Å². The lowest BCUT2D eigenvalue weighted by atomic mass is 10.2. The molecule has 2 N–H and O–H groups in total. The number of benzene rings is 1. The predicted octanol–water partition coefficient (Wildman–Crippen LogP) is 1.82. The maximum absolute atomic E-state index is 13.3. The van der Waals surface area contributed by atoms with Gasteiger partial charge in [0.1, 0.15) is 5.82 Å². The zero-order chi connectivity index (χ0) is 13.4. The van der Waals surface area contributed by atoms with Crippen LogP contribution in [0.2, 0.25) is 0 Å². The van der Waals surface area contributed by atoms with Crippen LogP contribution < -0.4 is 5.32 Å². The molecule has 0 aliphatic rings. The molecule has 2 amide bonds. The van der Waals surface area contributed by atoms with E-state index in [9.17, 15) is 9.18 Å². The van der Waals surface area contributed by atoms with E-state index in [2.05, 4.69) is 5.32 Å². The van der Waals surface area contributed by atoms with Gasteiger partial charge < -0.3 is 15.3 Å². The number of amides is 2. The van der Waals surface area contributed by atoms with E-state index in [4.69, 9.17) is 5.11 Å². The van der Waals surface area contributed by atoms with Gasteiger partial charge in [-0.05, 0) is 19.1 Å². The van der Waals surface area contributed by atoms with Crippen molar-refractivity contribution in [1.29, 1.82) is 0 Å². The lowest BCUT2D eigenvalue weighted by Gasteiger charge is -2.18. The Labute approximate surface area is 106 Å². The number of likely N-dealkylation sites (N-methyl/N-ethyl adjacent to an activating group) is 1. The van der Waals surface area contributed by atoms with Crippen molar-refractivity contribution in [3.05, 3.63) is 41.8 Å². The first kappa shape index (κ1) is 14.2. The lowest BCUT2D eigenvalue weighted by Crippen LogP contribution is -2.39. The third-order valence-electron chi connectivity index (χ3n) is 2.41. The number of nitrogens with zero attached hydrogens (tertiary/aromatic N) is 1. The largest absolute Gasteiger partial charge is 0.395 e. The fourth-order valence-corrected chi connectivity index (χ4v) is 1.43. The number of nitrogens with one attached hydrogen (secondary N) is 1. The molecule has 1 rings (SSSR count). The molecule has 0 aromatic heterocycles. The summed E-state index contributed by atoms with van der Waals surface area (Å²) in [5.41, 5.74) is 0.406. The van der Waals surface area contributed by atoms with E-state index in [0.29, 0.717) is 12.1 Å². The summed E-state index contributed by atoms with van der Waals surface area (Å²) in [5.74, 6) is -0.342. The molecule has 5 heteroatoms. The van der Waals surface area contributed by atoms with Crippen molar-refractivity contribution in [2.24, 2.45) is 0 Å². The quantitative estimate of drug-likeness (QED) is 0.840. The molecular formula is C13H17FN2O2. The summed E-state index contributed by atoms with van der Waals surface area (Å²) in [7, 11) is 0. The zero-order valence-electron chi connectivity index (χ0n) is 10.3. The van der Waals surface area contributed by atoms with Gasteiger partial charge >= 0.3 is 6.03 Å². The summed E-state index contributed by atoms with van der Waals surface area (Å²) in [6.45, 7) is 2.50. The van der Waals surface area contributed by atoms with E-state index in [-0.39, 0.29) is 25.0 Å². The Balaban J connectivity index is 2.54. The highest BCUT2D eigenvalue weighted by atomic mass is 19.1. The topological polar surface area (TPSA) is 52.6 Å². The van der Waals surface area contributed by atoms with Gasteiger partial charge in [0.2, 0.25) is 0 Å². The second-order valence-corrected chi connectivity index (χ2v) is 3.61. The molecule has 0 spiro atoms. The molecule has 0 radical (unpaired) electrons. The van der Waals surface area contributed by atoms with Crippen LogP contribution in [0.25, 0.3) is 6.08 Å². The highest BCUT2D eigenvalue weighted by Gasteiger charge is 2.07. The van der Waals surface area contributed by atoms with Crippen LogP contribution in [0.3, 0.4) is 0 Å². The van der Waals surface area contributed by atoms with E-state index in [1.165, 1.54) is 23.2 Å². The third kappa shape index (κ3) is 4.18. The monoisotopic (exact) mass is 252 g/mol. The molecule has 0 saturated heterocycles. The Hall–Kier alpha value is -1.88. The van der Waals surface area contributed by atoms with Crippen molar-refractivity contribution in [1.82, 2.24) is 10.2 Å². The summed E-state index contributed by atoms with van der Waals surface area (Å²) in [6.07, 6.45) is 2.88. The van der Waals surface area contributed by atoms with Crippen LogP contribution in [0.15, 0.2) is 30.5 Å². The highest BCUT2D eigenvalue weighted by Crippen LogP contribution is 2.07. The maximum Gasteiger partial charge on any atom is 0.321 e. The van der Waals surface area contributed by atoms with Crippen LogP contribution in [-0.2, 0) is 0 Å². The molecule has 4 nitrogen and oxygen atoms in total. The van der Waals surface area contributed by atoms with Crippen LogP contribution in [0.1, 0.15) is 12.5 Å². The minimum Gasteiger partial charge on any atom is -0.395 e. The van der Waals surface area contributed by atoms with Gasteiger partial charge in [0, 0.05) is 24.9 Å². The zero-order valence-corrected chi connectivity index (χ0v) is 10.3. The van der Waals surface area contributed by atoms with E-state index in [1.54, 1.807) is 18.2 Å². The molecule has 1 aromatic rings. The summed E-state index contributed by atoms with van der Waals surface area (Å²) in [5, 5.41) is 11.3. The number of halogens is 1. The molecule has 0 aliphatic carbocycles. The average molecular weight is 252 g/mol. The van der Waals surface area contributed by atoms with Crippen molar-refractivity contribution in [2.45, 2.75) is 6.92 Å². The minimum atomic E-state index is -0.342. The van der Waals surface area contributed by atoms with Gasteiger partial charge in [-0.1, -0.05) is 18.2 Å². The molecule has 18 heavy (non-hydrogen) atoms. The van der Waals surface area contributed by atoms with Crippen LogP contribution in [-0.4, -0.2) is 35.7 Å². The summed E-state index contributed by atoms with van der Waals surface area (Å²) >= 11 is 0. The minimum absolute atomic E-state index is 0.0850. The molecule has 0 bridgehead atoms. The summed E-state index contributed by atoms with van der Waals surface area (Å²) < 4.78 is 13.3. The van der Waals surface area contributed by atoms with Crippen LogP contribution in [0.5, 0.6) is 0 Å². The second-order valence-electron chi connectivity index (χ2n) is 3.61. The molecule has 0 heterocycles. The molecule has 98 valence electrons. The molecule has 0 unspecified atom stereocenters. The lowest BCUT2D eigenvalue weighted by molar-refractivity contribution is 0.183. The van der Waals surface area contributed by atoms with Crippen molar-refractivity contribution in [3.8, 4) is 0 Å². The number of aliphatic hydroxyl groups excluding tert-OH is 1. The molecular weight excluding hydrogens is 235 g/mol. The van der Waals surface area contributed by atoms with Crippen LogP contribution in [0.4, 0.5) is 9.18 Å². The molecule has 0 saturated carbocycles. The van der Waals surface area contributed by atoms with Gasteiger partial charge in [-0.15, -0.1) is 0 Å². The standard InChI is InChI=1S/C13H17FN2O2/c1-2-16(9-10-17)13(18)15-8-7-11-5-3-4-6-12(11)14/h3-8,17H,2,9-10H2,1H3,(H,15,18)/b8-7+.